The van der Waals surface area contributed by atoms with Gasteiger partial charge in [-0.1, -0.05) is 11.6 Å². The quantitative estimate of drug-likeness (QED) is 0.545. The minimum atomic E-state index is -0.246. The Morgan fingerprint density at radius 2 is 2.00 bits per heavy atom. The highest BCUT2D eigenvalue weighted by Gasteiger charge is 2.28. The zero-order valence-electron chi connectivity index (χ0n) is 10.2. The molecule has 0 aliphatic carbocycles. The smallest absolute Gasteiger partial charge is 0.267 e. The van der Waals surface area contributed by atoms with Crippen molar-refractivity contribution in [3.8, 4) is 5.88 Å². The molecule has 0 radical (unpaired) electrons. The number of anilines is 1. The Kier molecular flexibility index (Phi) is 3.75. The van der Waals surface area contributed by atoms with Gasteiger partial charge in [-0.15, -0.1) is 0 Å². The fraction of sp³-hybridized carbons (Fsp3) is 0.154. The monoisotopic (exact) mass is 401 g/mol. The fourth-order valence-corrected chi connectivity index (χ4v) is 2.54. The molecule has 0 unspecified atom stereocenters. The number of carbonyl (C=O) groups is 1. The maximum absolute atomic E-state index is 12.6. The second-order valence-electron chi connectivity index (χ2n) is 4.13. The lowest BCUT2D eigenvalue weighted by Crippen LogP contribution is -2.32. The average molecular weight is 402 g/mol. The lowest BCUT2D eigenvalue weighted by Gasteiger charge is -2.20. The fourth-order valence-electron chi connectivity index (χ4n) is 1.98. The van der Waals surface area contributed by atoms with E-state index in [-0.39, 0.29) is 22.5 Å². The van der Waals surface area contributed by atoms with Crippen LogP contribution < -0.4 is 9.64 Å². The molecular weight excluding hydrogens is 393 g/mol. The summed E-state index contributed by atoms with van der Waals surface area (Å²) >= 11 is 8.22. The van der Waals surface area contributed by atoms with Gasteiger partial charge in [0.1, 0.15) is 23.7 Å². The molecule has 2 heterocycles. The molecule has 5 nitrogen and oxygen atoms in total. The molecule has 0 atom stereocenters. The zero-order chi connectivity index (χ0) is 14.1. The summed E-state index contributed by atoms with van der Waals surface area (Å²) < 4.78 is 6.58. The summed E-state index contributed by atoms with van der Waals surface area (Å²) in [6.45, 7) is 0.796. The second kappa shape index (κ2) is 5.53. The number of rotatable bonds is 1. The number of aromatic nitrogens is 2. The van der Waals surface area contributed by atoms with Gasteiger partial charge in [0.15, 0.2) is 0 Å². The first-order valence-corrected chi connectivity index (χ1v) is 7.33. The van der Waals surface area contributed by atoms with Crippen LogP contribution in [0.25, 0.3) is 0 Å². The SMILES string of the molecule is O=C1c2c(Cl)ncnc2OCCN1c1ccc(I)cc1. The van der Waals surface area contributed by atoms with Gasteiger partial charge >= 0.3 is 0 Å². The van der Waals surface area contributed by atoms with Crippen LogP contribution >= 0.6 is 34.2 Å². The van der Waals surface area contributed by atoms with Gasteiger partial charge in [-0.05, 0) is 46.9 Å². The van der Waals surface area contributed by atoms with Crippen LogP contribution in [0, 0.1) is 3.57 Å². The lowest BCUT2D eigenvalue weighted by molar-refractivity contribution is 0.0989. The van der Waals surface area contributed by atoms with Crippen LogP contribution in [0.4, 0.5) is 5.69 Å². The number of nitrogens with zero attached hydrogens (tertiary/aromatic N) is 3. The molecular formula is C13H9ClIN3O2. The highest BCUT2D eigenvalue weighted by atomic mass is 127. The van der Waals surface area contributed by atoms with Crippen molar-refractivity contribution < 1.29 is 9.53 Å². The van der Waals surface area contributed by atoms with Crippen molar-refractivity contribution in [1.82, 2.24) is 9.97 Å². The molecule has 7 heteroatoms. The first-order valence-electron chi connectivity index (χ1n) is 5.87. The Balaban J connectivity index is 2.04. The number of ether oxygens (including phenoxy) is 1. The predicted molar refractivity (Wildman–Crippen MR) is 83.4 cm³/mol. The summed E-state index contributed by atoms with van der Waals surface area (Å²) in [6, 6.07) is 7.67. The topological polar surface area (TPSA) is 55.3 Å². The van der Waals surface area contributed by atoms with Gasteiger partial charge in [-0.3, -0.25) is 4.79 Å². The summed E-state index contributed by atoms with van der Waals surface area (Å²) in [5.41, 5.74) is 1.01. The van der Waals surface area contributed by atoms with Crippen LogP contribution in [0.15, 0.2) is 30.6 Å². The summed E-state index contributed by atoms with van der Waals surface area (Å²) in [5, 5.41) is 0.109. The van der Waals surface area contributed by atoms with E-state index in [4.69, 9.17) is 16.3 Å². The third-order valence-corrected chi connectivity index (χ3v) is 3.92. The van der Waals surface area contributed by atoms with Crippen LogP contribution in [-0.2, 0) is 0 Å². The minimum Gasteiger partial charge on any atom is -0.475 e. The molecule has 0 saturated heterocycles. The van der Waals surface area contributed by atoms with Crippen molar-refractivity contribution >= 4 is 45.8 Å². The molecule has 102 valence electrons. The zero-order valence-corrected chi connectivity index (χ0v) is 13.1. The van der Waals surface area contributed by atoms with Gasteiger partial charge in [-0.2, -0.15) is 0 Å². The Morgan fingerprint density at radius 1 is 1.25 bits per heavy atom. The van der Waals surface area contributed by atoms with Gasteiger partial charge in [0.25, 0.3) is 5.91 Å². The number of hydrogen-bond donors (Lipinski definition) is 0. The Hall–Kier alpha value is -1.41. The summed E-state index contributed by atoms with van der Waals surface area (Å²) in [7, 11) is 0. The van der Waals surface area contributed by atoms with Crippen LogP contribution in [-0.4, -0.2) is 29.0 Å². The molecule has 1 aromatic carbocycles. The third kappa shape index (κ3) is 2.45. The molecule has 0 bridgehead atoms. The highest BCUT2D eigenvalue weighted by molar-refractivity contribution is 14.1. The molecule has 1 aliphatic rings. The number of benzene rings is 1. The summed E-state index contributed by atoms with van der Waals surface area (Å²) in [5.74, 6) is -0.00711. The molecule has 0 saturated carbocycles. The van der Waals surface area contributed by atoms with Crippen molar-refractivity contribution in [3.05, 3.63) is 44.9 Å². The van der Waals surface area contributed by atoms with E-state index in [1.807, 2.05) is 24.3 Å². The summed E-state index contributed by atoms with van der Waals surface area (Å²) in [6.07, 6.45) is 1.29. The Labute approximate surface area is 134 Å². The molecule has 2 aromatic rings. The van der Waals surface area contributed by atoms with E-state index in [9.17, 15) is 4.79 Å². The van der Waals surface area contributed by atoms with E-state index in [1.165, 1.54) is 6.33 Å². The minimum absolute atomic E-state index is 0.109. The van der Waals surface area contributed by atoms with Crippen molar-refractivity contribution in [2.75, 3.05) is 18.1 Å². The van der Waals surface area contributed by atoms with E-state index in [2.05, 4.69) is 32.6 Å². The molecule has 1 aromatic heterocycles. The second-order valence-corrected chi connectivity index (χ2v) is 5.73. The van der Waals surface area contributed by atoms with Crippen molar-refractivity contribution in [3.63, 3.8) is 0 Å². The average Bonchev–Trinajstić information content (AvgIpc) is 2.60. The third-order valence-electron chi connectivity index (χ3n) is 2.92. The van der Waals surface area contributed by atoms with Crippen molar-refractivity contribution in [2.45, 2.75) is 0 Å². The molecule has 0 N–H and O–H groups in total. The first kappa shape index (κ1) is 13.6. The molecule has 20 heavy (non-hydrogen) atoms. The van der Waals surface area contributed by atoms with Crippen LogP contribution in [0.3, 0.4) is 0 Å². The van der Waals surface area contributed by atoms with Crippen LogP contribution in [0.2, 0.25) is 5.15 Å². The molecule has 0 spiro atoms. The van der Waals surface area contributed by atoms with Gasteiger partial charge in [-0.25, -0.2) is 9.97 Å². The van der Waals surface area contributed by atoms with E-state index >= 15 is 0 Å². The van der Waals surface area contributed by atoms with Crippen molar-refractivity contribution in [1.29, 1.82) is 0 Å². The normalized spacial score (nSPS) is 14.5. The number of halogens is 2. The maximum atomic E-state index is 12.6. The van der Waals surface area contributed by atoms with E-state index in [1.54, 1.807) is 4.90 Å². The number of carbonyl (C=O) groups excluding carboxylic acids is 1. The van der Waals surface area contributed by atoms with E-state index in [0.717, 1.165) is 9.26 Å². The van der Waals surface area contributed by atoms with Gasteiger partial charge in [0.2, 0.25) is 5.88 Å². The maximum Gasteiger partial charge on any atom is 0.267 e. The van der Waals surface area contributed by atoms with Gasteiger partial charge < -0.3 is 9.64 Å². The highest BCUT2D eigenvalue weighted by Crippen LogP contribution is 2.28. The first-order chi connectivity index (χ1) is 9.66. The number of hydrogen-bond acceptors (Lipinski definition) is 4. The van der Waals surface area contributed by atoms with Gasteiger partial charge in [0, 0.05) is 9.26 Å². The largest absolute Gasteiger partial charge is 0.475 e. The predicted octanol–water partition coefficient (Wildman–Crippen LogP) is 2.77. The van der Waals surface area contributed by atoms with Crippen molar-refractivity contribution in [2.24, 2.45) is 0 Å². The Morgan fingerprint density at radius 3 is 2.75 bits per heavy atom. The molecule has 3 rings (SSSR count). The van der Waals surface area contributed by atoms with Crippen LogP contribution in [0.1, 0.15) is 10.4 Å². The number of fused-ring (bicyclic) bond motifs is 1. The van der Waals surface area contributed by atoms with E-state index < -0.39 is 0 Å². The molecule has 1 aliphatic heterocycles. The lowest BCUT2D eigenvalue weighted by atomic mass is 10.2. The molecule has 1 amide bonds. The van der Waals surface area contributed by atoms with E-state index in [0.29, 0.717) is 13.2 Å². The molecule has 0 fully saturated rings. The van der Waals surface area contributed by atoms with Crippen LogP contribution in [0.5, 0.6) is 5.88 Å². The Bertz CT molecular complexity index is 663. The van der Waals surface area contributed by atoms with Gasteiger partial charge in [0.05, 0.1) is 6.54 Å². The standard InChI is InChI=1S/C13H9ClIN3O2/c14-11-10-12(17-7-16-11)20-6-5-18(13(10)19)9-3-1-8(15)2-4-9/h1-4,7H,5-6H2. The number of amides is 1. The summed E-state index contributed by atoms with van der Waals surface area (Å²) in [4.78, 5) is 22.1.